The normalized spacial score (nSPS) is 18.1. The van der Waals surface area contributed by atoms with Crippen molar-refractivity contribution in [2.24, 2.45) is 0 Å². The van der Waals surface area contributed by atoms with Crippen LogP contribution in [0.15, 0.2) is 0 Å². The van der Waals surface area contributed by atoms with Crippen molar-refractivity contribution in [2.75, 3.05) is 40.0 Å². The second-order valence-electron chi connectivity index (χ2n) is 5.65. The average molecular weight is 286 g/mol. The Morgan fingerprint density at radius 1 is 1.35 bits per heavy atom. The standard InChI is InChI=1S/C15H30N2O3/c1-5-17(11-12-19-4)10-9-15(3,14(18)20-6-2)16-13-7-8-13/h13,16H,5-12H2,1-4H3. The molecule has 0 saturated heterocycles. The van der Waals surface area contributed by atoms with E-state index in [9.17, 15) is 4.79 Å². The van der Waals surface area contributed by atoms with Crippen molar-refractivity contribution in [1.29, 1.82) is 0 Å². The number of ether oxygens (including phenoxy) is 2. The Hall–Kier alpha value is -0.650. The molecule has 1 atom stereocenters. The summed E-state index contributed by atoms with van der Waals surface area (Å²) in [6, 6.07) is 0.485. The molecule has 1 unspecified atom stereocenters. The molecule has 0 radical (unpaired) electrons. The molecule has 0 spiro atoms. The predicted molar refractivity (Wildman–Crippen MR) is 79.8 cm³/mol. The van der Waals surface area contributed by atoms with Crippen LogP contribution in [0, 0.1) is 0 Å². The van der Waals surface area contributed by atoms with E-state index in [1.54, 1.807) is 7.11 Å². The Morgan fingerprint density at radius 3 is 2.55 bits per heavy atom. The highest BCUT2D eigenvalue weighted by atomic mass is 16.5. The fraction of sp³-hybridized carbons (Fsp3) is 0.933. The summed E-state index contributed by atoms with van der Waals surface area (Å²) < 4.78 is 10.4. The van der Waals surface area contributed by atoms with Crippen LogP contribution in [0.25, 0.3) is 0 Å². The largest absolute Gasteiger partial charge is 0.465 e. The van der Waals surface area contributed by atoms with Crippen molar-refractivity contribution in [2.45, 2.75) is 51.6 Å². The molecule has 0 aromatic rings. The van der Waals surface area contributed by atoms with E-state index in [4.69, 9.17) is 9.47 Å². The van der Waals surface area contributed by atoms with Gasteiger partial charge in [-0.15, -0.1) is 0 Å². The van der Waals surface area contributed by atoms with E-state index in [0.29, 0.717) is 12.6 Å². The lowest BCUT2D eigenvalue weighted by Gasteiger charge is -2.31. The van der Waals surface area contributed by atoms with Gasteiger partial charge in [-0.2, -0.15) is 0 Å². The predicted octanol–water partition coefficient (Wildman–Crippen LogP) is 1.42. The molecule has 0 aromatic heterocycles. The van der Waals surface area contributed by atoms with Gasteiger partial charge in [-0.3, -0.25) is 10.1 Å². The SMILES string of the molecule is CCOC(=O)C(C)(CCN(CC)CCOC)NC1CC1. The molecule has 1 aliphatic carbocycles. The summed E-state index contributed by atoms with van der Waals surface area (Å²) in [6.45, 7) is 9.84. The average Bonchev–Trinajstić information content (AvgIpc) is 3.23. The first kappa shape index (κ1) is 17.4. The van der Waals surface area contributed by atoms with Gasteiger partial charge in [0.05, 0.1) is 13.2 Å². The fourth-order valence-electron chi connectivity index (χ4n) is 2.23. The molecule has 0 aromatic carbocycles. The minimum atomic E-state index is -0.572. The van der Waals surface area contributed by atoms with E-state index in [1.807, 2.05) is 13.8 Å². The second kappa shape index (κ2) is 8.60. The van der Waals surface area contributed by atoms with Crippen LogP contribution in [-0.2, 0) is 14.3 Å². The van der Waals surface area contributed by atoms with Gasteiger partial charge in [0.2, 0.25) is 0 Å². The Bertz CT molecular complexity index is 295. The summed E-state index contributed by atoms with van der Waals surface area (Å²) >= 11 is 0. The summed E-state index contributed by atoms with van der Waals surface area (Å²) in [4.78, 5) is 14.5. The Balaban J connectivity index is 2.51. The summed E-state index contributed by atoms with van der Waals surface area (Å²) in [7, 11) is 1.71. The van der Waals surface area contributed by atoms with Crippen LogP contribution in [0.4, 0.5) is 0 Å². The third-order valence-corrected chi connectivity index (χ3v) is 3.81. The summed E-state index contributed by atoms with van der Waals surface area (Å²) in [5.74, 6) is -0.130. The van der Waals surface area contributed by atoms with E-state index in [1.165, 1.54) is 0 Å². The molecule has 0 aliphatic heterocycles. The smallest absolute Gasteiger partial charge is 0.326 e. The topological polar surface area (TPSA) is 50.8 Å². The number of likely N-dealkylation sites (N-methyl/N-ethyl adjacent to an activating group) is 1. The van der Waals surface area contributed by atoms with E-state index in [2.05, 4.69) is 17.1 Å². The first-order valence-corrected chi connectivity index (χ1v) is 7.72. The number of carbonyl (C=O) groups excluding carboxylic acids is 1. The van der Waals surface area contributed by atoms with Gasteiger partial charge >= 0.3 is 5.97 Å². The lowest BCUT2D eigenvalue weighted by Crippen LogP contribution is -2.53. The number of carbonyl (C=O) groups is 1. The third kappa shape index (κ3) is 5.77. The second-order valence-corrected chi connectivity index (χ2v) is 5.65. The molecule has 118 valence electrons. The summed E-state index contributed by atoms with van der Waals surface area (Å²) in [5.41, 5.74) is -0.572. The lowest BCUT2D eigenvalue weighted by molar-refractivity contribution is -0.151. The highest BCUT2D eigenvalue weighted by Gasteiger charge is 2.39. The molecule has 1 N–H and O–H groups in total. The van der Waals surface area contributed by atoms with E-state index < -0.39 is 5.54 Å². The van der Waals surface area contributed by atoms with Gasteiger partial charge in [-0.1, -0.05) is 6.92 Å². The van der Waals surface area contributed by atoms with Crippen molar-refractivity contribution >= 4 is 5.97 Å². The van der Waals surface area contributed by atoms with Crippen molar-refractivity contribution in [3.8, 4) is 0 Å². The lowest BCUT2D eigenvalue weighted by atomic mass is 9.97. The Morgan fingerprint density at radius 2 is 2.05 bits per heavy atom. The van der Waals surface area contributed by atoms with Crippen LogP contribution in [0.2, 0.25) is 0 Å². The molecule has 1 fully saturated rings. The Kier molecular flexibility index (Phi) is 7.48. The van der Waals surface area contributed by atoms with Gasteiger partial charge in [0, 0.05) is 26.2 Å². The first-order chi connectivity index (χ1) is 9.55. The van der Waals surface area contributed by atoms with Crippen LogP contribution < -0.4 is 5.32 Å². The molecule has 1 saturated carbocycles. The number of hydrogen-bond donors (Lipinski definition) is 1. The molecule has 1 rings (SSSR count). The highest BCUT2D eigenvalue weighted by molar-refractivity contribution is 5.80. The number of esters is 1. The van der Waals surface area contributed by atoms with Crippen LogP contribution in [-0.4, -0.2) is 62.4 Å². The van der Waals surface area contributed by atoms with Crippen LogP contribution >= 0.6 is 0 Å². The molecule has 5 heteroatoms. The maximum absolute atomic E-state index is 12.2. The maximum atomic E-state index is 12.2. The van der Waals surface area contributed by atoms with Crippen LogP contribution in [0.5, 0.6) is 0 Å². The van der Waals surface area contributed by atoms with Crippen molar-refractivity contribution < 1.29 is 14.3 Å². The summed E-state index contributed by atoms with van der Waals surface area (Å²) in [6.07, 6.45) is 3.09. The van der Waals surface area contributed by atoms with Crippen LogP contribution in [0.3, 0.4) is 0 Å². The number of methoxy groups -OCH3 is 1. The third-order valence-electron chi connectivity index (χ3n) is 3.81. The van der Waals surface area contributed by atoms with E-state index >= 15 is 0 Å². The molecule has 5 nitrogen and oxygen atoms in total. The van der Waals surface area contributed by atoms with E-state index in [0.717, 1.165) is 45.5 Å². The summed E-state index contributed by atoms with van der Waals surface area (Å²) in [5, 5.41) is 3.46. The number of hydrogen-bond acceptors (Lipinski definition) is 5. The maximum Gasteiger partial charge on any atom is 0.326 e. The molecular formula is C15H30N2O3. The molecule has 1 aliphatic rings. The Labute approximate surface area is 123 Å². The monoisotopic (exact) mass is 286 g/mol. The first-order valence-electron chi connectivity index (χ1n) is 7.72. The van der Waals surface area contributed by atoms with Crippen molar-refractivity contribution in [3.05, 3.63) is 0 Å². The zero-order valence-electron chi connectivity index (χ0n) is 13.4. The van der Waals surface area contributed by atoms with Crippen molar-refractivity contribution in [1.82, 2.24) is 10.2 Å². The van der Waals surface area contributed by atoms with Gasteiger partial charge < -0.3 is 14.4 Å². The zero-order valence-corrected chi connectivity index (χ0v) is 13.4. The zero-order chi connectivity index (χ0) is 15.0. The van der Waals surface area contributed by atoms with Crippen molar-refractivity contribution in [3.63, 3.8) is 0 Å². The van der Waals surface area contributed by atoms with Gasteiger partial charge in [0.1, 0.15) is 5.54 Å². The van der Waals surface area contributed by atoms with E-state index in [-0.39, 0.29) is 5.97 Å². The molecule has 0 bridgehead atoms. The molecule has 0 heterocycles. The highest BCUT2D eigenvalue weighted by Crippen LogP contribution is 2.25. The molecule has 0 amide bonds. The fourth-order valence-corrected chi connectivity index (χ4v) is 2.23. The number of nitrogens with one attached hydrogen (secondary N) is 1. The molecule has 20 heavy (non-hydrogen) atoms. The van der Waals surface area contributed by atoms with Gasteiger partial charge in [-0.25, -0.2) is 0 Å². The van der Waals surface area contributed by atoms with Crippen LogP contribution in [0.1, 0.15) is 40.0 Å². The van der Waals surface area contributed by atoms with Gasteiger partial charge in [0.25, 0.3) is 0 Å². The quantitative estimate of drug-likeness (QED) is 0.582. The molecular weight excluding hydrogens is 256 g/mol. The van der Waals surface area contributed by atoms with Gasteiger partial charge in [0.15, 0.2) is 0 Å². The number of rotatable bonds is 11. The van der Waals surface area contributed by atoms with Gasteiger partial charge in [-0.05, 0) is 39.7 Å². The minimum Gasteiger partial charge on any atom is -0.465 e. The number of nitrogens with zero attached hydrogens (tertiary/aromatic N) is 1. The minimum absolute atomic E-state index is 0.130.